The lowest BCUT2D eigenvalue weighted by atomic mass is 9.83. The van der Waals surface area contributed by atoms with E-state index < -0.39 is 5.78 Å². The van der Waals surface area contributed by atoms with Gasteiger partial charge in [-0.05, 0) is 23.5 Å². The Balaban J connectivity index is 3.24. The van der Waals surface area contributed by atoms with E-state index in [2.05, 4.69) is 0 Å². The molecule has 0 aromatic heterocycles. The van der Waals surface area contributed by atoms with E-state index in [1.54, 1.807) is 6.08 Å². The van der Waals surface area contributed by atoms with Crippen molar-refractivity contribution in [2.75, 3.05) is 0 Å². The lowest BCUT2D eigenvalue weighted by molar-refractivity contribution is -0.132. The molecule has 1 aliphatic carbocycles. The number of allylic oxidation sites excluding steroid dienone is 4. The maximum Gasteiger partial charge on any atom is 0.229 e. The zero-order chi connectivity index (χ0) is 10.9. The van der Waals surface area contributed by atoms with Crippen LogP contribution in [0, 0.1) is 11.8 Å². The van der Waals surface area contributed by atoms with E-state index in [4.69, 9.17) is 0 Å². The Hall–Kier alpha value is -1.18. The molecule has 0 spiro atoms. The molecule has 14 heavy (non-hydrogen) atoms. The van der Waals surface area contributed by atoms with Crippen LogP contribution >= 0.6 is 0 Å². The molecule has 0 amide bonds. The molecular weight excluding hydrogens is 176 g/mol. The Morgan fingerprint density at radius 1 is 0.929 bits per heavy atom. The first-order valence-electron chi connectivity index (χ1n) is 4.96. The van der Waals surface area contributed by atoms with Crippen molar-refractivity contribution in [3.8, 4) is 0 Å². The van der Waals surface area contributed by atoms with E-state index in [0.29, 0.717) is 11.5 Å². The summed E-state index contributed by atoms with van der Waals surface area (Å²) in [6.07, 6.45) is 3.16. The van der Waals surface area contributed by atoms with Crippen molar-refractivity contribution in [2.45, 2.75) is 27.7 Å². The molecule has 0 aliphatic heterocycles. The third kappa shape index (κ3) is 1.84. The number of hydrogen-bond acceptors (Lipinski definition) is 2. The summed E-state index contributed by atoms with van der Waals surface area (Å²) in [5.41, 5.74) is 1.69. The summed E-state index contributed by atoms with van der Waals surface area (Å²) in [6.45, 7) is 7.96. The van der Waals surface area contributed by atoms with Gasteiger partial charge in [0.05, 0.1) is 0 Å². The first-order valence-corrected chi connectivity index (χ1v) is 4.96. The van der Waals surface area contributed by atoms with Gasteiger partial charge in [0.25, 0.3) is 0 Å². The van der Waals surface area contributed by atoms with Crippen LogP contribution in [0.15, 0.2) is 23.3 Å². The summed E-state index contributed by atoms with van der Waals surface area (Å²) >= 11 is 0. The zero-order valence-electron chi connectivity index (χ0n) is 9.13. The minimum atomic E-state index is -0.391. The molecule has 0 radical (unpaired) electrons. The van der Waals surface area contributed by atoms with Gasteiger partial charge in [0.15, 0.2) is 0 Å². The van der Waals surface area contributed by atoms with Crippen molar-refractivity contribution in [1.82, 2.24) is 0 Å². The SMILES string of the molecule is CC(C)C1=C(C(C)C)C(=O)C(=O)C=C1. The zero-order valence-corrected chi connectivity index (χ0v) is 9.13. The van der Waals surface area contributed by atoms with Crippen LogP contribution in [-0.4, -0.2) is 11.6 Å². The molecule has 0 aromatic rings. The molecular formula is C12H16O2. The Bertz CT molecular complexity index is 330. The topological polar surface area (TPSA) is 34.1 Å². The predicted octanol–water partition coefficient (Wildman–Crippen LogP) is 2.30. The van der Waals surface area contributed by atoms with Crippen LogP contribution in [0.5, 0.6) is 0 Å². The fourth-order valence-electron chi connectivity index (χ4n) is 1.69. The van der Waals surface area contributed by atoms with Crippen molar-refractivity contribution >= 4 is 11.6 Å². The second-order valence-corrected chi connectivity index (χ2v) is 4.21. The van der Waals surface area contributed by atoms with Crippen LogP contribution in [0.3, 0.4) is 0 Å². The Labute approximate surface area is 84.7 Å². The van der Waals surface area contributed by atoms with Crippen LogP contribution in [0.1, 0.15) is 27.7 Å². The van der Waals surface area contributed by atoms with Crippen LogP contribution in [-0.2, 0) is 9.59 Å². The lowest BCUT2D eigenvalue weighted by Gasteiger charge is -2.19. The van der Waals surface area contributed by atoms with Crippen LogP contribution in [0.4, 0.5) is 0 Å². The van der Waals surface area contributed by atoms with Gasteiger partial charge in [0, 0.05) is 5.57 Å². The largest absolute Gasteiger partial charge is 0.286 e. The van der Waals surface area contributed by atoms with Gasteiger partial charge in [0.2, 0.25) is 11.6 Å². The lowest BCUT2D eigenvalue weighted by Crippen LogP contribution is -2.23. The molecule has 0 unspecified atom stereocenters. The highest BCUT2D eigenvalue weighted by Crippen LogP contribution is 2.26. The van der Waals surface area contributed by atoms with Gasteiger partial charge in [0.1, 0.15) is 0 Å². The Kier molecular flexibility index (Phi) is 3.04. The summed E-state index contributed by atoms with van der Waals surface area (Å²) in [7, 11) is 0. The van der Waals surface area contributed by atoms with Gasteiger partial charge in [-0.15, -0.1) is 0 Å². The van der Waals surface area contributed by atoms with E-state index in [-0.39, 0.29) is 11.7 Å². The van der Waals surface area contributed by atoms with Crippen molar-refractivity contribution in [3.05, 3.63) is 23.3 Å². The quantitative estimate of drug-likeness (QED) is 0.497. The maximum absolute atomic E-state index is 11.6. The van der Waals surface area contributed by atoms with Crippen LogP contribution in [0.25, 0.3) is 0 Å². The van der Waals surface area contributed by atoms with Crippen molar-refractivity contribution < 1.29 is 9.59 Å². The number of rotatable bonds is 2. The molecule has 0 N–H and O–H groups in total. The standard InChI is InChI=1S/C12H16O2/c1-7(2)9-5-6-10(13)12(14)11(9)8(3)4/h5-8H,1-4H3. The molecule has 0 fully saturated rings. The molecule has 2 nitrogen and oxygen atoms in total. The van der Waals surface area contributed by atoms with E-state index in [0.717, 1.165) is 5.57 Å². The third-order valence-corrected chi connectivity index (χ3v) is 2.39. The third-order valence-electron chi connectivity index (χ3n) is 2.39. The summed E-state index contributed by atoms with van der Waals surface area (Å²) in [5, 5.41) is 0. The number of carbonyl (C=O) groups is 2. The first kappa shape index (κ1) is 10.9. The predicted molar refractivity (Wildman–Crippen MR) is 55.9 cm³/mol. The van der Waals surface area contributed by atoms with Gasteiger partial charge in [-0.3, -0.25) is 9.59 Å². The molecule has 1 aliphatic rings. The van der Waals surface area contributed by atoms with Gasteiger partial charge < -0.3 is 0 Å². The van der Waals surface area contributed by atoms with Gasteiger partial charge in [-0.25, -0.2) is 0 Å². The molecule has 0 saturated carbocycles. The fourth-order valence-corrected chi connectivity index (χ4v) is 1.69. The molecule has 0 heterocycles. The highest BCUT2D eigenvalue weighted by atomic mass is 16.2. The van der Waals surface area contributed by atoms with Crippen LogP contribution < -0.4 is 0 Å². The number of carbonyl (C=O) groups excluding carboxylic acids is 2. The fraction of sp³-hybridized carbons (Fsp3) is 0.500. The number of Topliss-reactive ketones (excluding diaryl/α,β-unsaturated/α-hetero) is 1. The van der Waals surface area contributed by atoms with Crippen LogP contribution in [0.2, 0.25) is 0 Å². The average molecular weight is 192 g/mol. The minimum absolute atomic E-state index is 0.119. The molecule has 0 aromatic carbocycles. The van der Waals surface area contributed by atoms with Gasteiger partial charge in [-0.2, -0.15) is 0 Å². The summed E-state index contributed by atoms with van der Waals surface area (Å²) in [5.74, 6) is -0.307. The smallest absolute Gasteiger partial charge is 0.229 e. The van der Waals surface area contributed by atoms with Crippen molar-refractivity contribution in [2.24, 2.45) is 11.8 Å². The first-order chi connectivity index (χ1) is 6.45. The van der Waals surface area contributed by atoms with Crippen molar-refractivity contribution in [3.63, 3.8) is 0 Å². The Morgan fingerprint density at radius 2 is 1.50 bits per heavy atom. The molecule has 0 bridgehead atoms. The number of ketones is 2. The average Bonchev–Trinajstić information content (AvgIpc) is 2.08. The van der Waals surface area contributed by atoms with Gasteiger partial charge >= 0.3 is 0 Å². The second-order valence-electron chi connectivity index (χ2n) is 4.21. The molecule has 76 valence electrons. The molecule has 2 heteroatoms. The number of hydrogen-bond donors (Lipinski definition) is 0. The summed E-state index contributed by atoms with van der Waals surface area (Å²) in [6, 6.07) is 0. The minimum Gasteiger partial charge on any atom is -0.286 e. The monoisotopic (exact) mass is 192 g/mol. The van der Waals surface area contributed by atoms with E-state index in [9.17, 15) is 9.59 Å². The molecule has 0 saturated heterocycles. The summed E-state index contributed by atoms with van der Waals surface area (Å²) < 4.78 is 0. The highest BCUT2D eigenvalue weighted by Gasteiger charge is 2.26. The molecule has 1 rings (SSSR count). The highest BCUT2D eigenvalue weighted by molar-refractivity contribution is 6.48. The van der Waals surface area contributed by atoms with E-state index in [1.165, 1.54) is 6.08 Å². The summed E-state index contributed by atoms with van der Waals surface area (Å²) in [4.78, 5) is 22.8. The van der Waals surface area contributed by atoms with Crippen molar-refractivity contribution in [1.29, 1.82) is 0 Å². The van der Waals surface area contributed by atoms with Gasteiger partial charge in [-0.1, -0.05) is 33.8 Å². The maximum atomic E-state index is 11.6. The second kappa shape index (κ2) is 3.91. The Morgan fingerprint density at radius 3 is 1.93 bits per heavy atom. The van der Waals surface area contributed by atoms with E-state index in [1.807, 2.05) is 27.7 Å². The molecule has 0 atom stereocenters. The normalized spacial score (nSPS) is 17.6. The van der Waals surface area contributed by atoms with E-state index >= 15 is 0 Å².